The predicted octanol–water partition coefficient (Wildman–Crippen LogP) is 1.73. The molecule has 0 spiro atoms. The average molecular weight is 423 g/mol. The van der Waals surface area contributed by atoms with E-state index in [9.17, 15) is 13.2 Å². The number of hydrogen-bond acceptors (Lipinski definition) is 6. The maximum absolute atomic E-state index is 13.3. The van der Waals surface area contributed by atoms with Crippen molar-refractivity contribution >= 4 is 21.6 Å². The molecule has 1 saturated heterocycles. The van der Waals surface area contributed by atoms with E-state index in [1.165, 1.54) is 0 Å². The van der Waals surface area contributed by atoms with Gasteiger partial charge in [0, 0.05) is 50.6 Å². The number of aryl methyl sites for hydroxylation is 1. The van der Waals surface area contributed by atoms with Crippen LogP contribution < -0.4 is 4.90 Å². The molecule has 0 N–H and O–H groups in total. The summed E-state index contributed by atoms with van der Waals surface area (Å²) >= 11 is 0. The van der Waals surface area contributed by atoms with E-state index in [1.54, 1.807) is 47.1 Å². The van der Waals surface area contributed by atoms with Crippen LogP contribution in [0.25, 0.3) is 11.3 Å². The number of carbonyl (C=O) groups excluding carboxylic acids is 1. The fourth-order valence-corrected chi connectivity index (χ4v) is 5.84. The van der Waals surface area contributed by atoms with E-state index in [-0.39, 0.29) is 17.4 Å². The second-order valence-corrected chi connectivity index (χ2v) is 9.48. The SMILES string of the molecule is Cn1nc(C(=O)N2CCN(c3ccccn3)CC2)c2c1-c1ccccc1S(=O)(=O)C2. The number of amides is 1. The molecular formula is C21H21N5O3S. The highest BCUT2D eigenvalue weighted by atomic mass is 32.2. The van der Waals surface area contributed by atoms with Gasteiger partial charge in [0.25, 0.3) is 5.91 Å². The smallest absolute Gasteiger partial charge is 0.274 e. The van der Waals surface area contributed by atoms with Gasteiger partial charge in [-0.05, 0) is 18.2 Å². The Labute approximate surface area is 174 Å². The van der Waals surface area contributed by atoms with Crippen molar-refractivity contribution in [3.05, 3.63) is 59.9 Å². The van der Waals surface area contributed by atoms with Crippen molar-refractivity contribution in [2.75, 3.05) is 31.1 Å². The highest BCUT2D eigenvalue weighted by Gasteiger charge is 2.36. The van der Waals surface area contributed by atoms with Crippen molar-refractivity contribution in [3.8, 4) is 11.3 Å². The lowest BCUT2D eigenvalue weighted by molar-refractivity contribution is 0.0739. The second kappa shape index (κ2) is 6.94. The number of fused-ring (bicyclic) bond motifs is 3. The first-order valence-electron chi connectivity index (χ1n) is 9.79. The third kappa shape index (κ3) is 2.97. The number of rotatable bonds is 2. The Morgan fingerprint density at radius 3 is 2.47 bits per heavy atom. The molecule has 2 aromatic heterocycles. The molecule has 1 amide bonds. The van der Waals surface area contributed by atoms with E-state index < -0.39 is 9.84 Å². The van der Waals surface area contributed by atoms with Crippen LogP contribution in [0.2, 0.25) is 0 Å². The Kier molecular flexibility index (Phi) is 4.35. The van der Waals surface area contributed by atoms with E-state index in [4.69, 9.17) is 0 Å². The van der Waals surface area contributed by atoms with Crippen LogP contribution in [-0.2, 0) is 22.6 Å². The summed E-state index contributed by atoms with van der Waals surface area (Å²) in [6.45, 7) is 2.39. The summed E-state index contributed by atoms with van der Waals surface area (Å²) in [6.07, 6.45) is 1.76. The molecule has 0 bridgehead atoms. The summed E-state index contributed by atoms with van der Waals surface area (Å²) < 4.78 is 27.3. The van der Waals surface area contributed by atoms with Gasteiger partial charge < -0.3 is 9.80 Å². The molecule has 3 aromatic rings. The fourth-order valence-electron chi connectivity index (χ4n) is 4.24. The minimum absolute atomic E-state index is 0.206. The van der Waals surface area contributed by atoms with Crippen LogP contribution in [0.5, 0.6) is 0 Å². The van der Waals surface area contributed by atoms with Gasteiger partial charge in [-0.3, -0.25) is 9.48 Å². The van der Waals surface area contributed by atoms with Crippen molar-refractivity contribution in [2.45, 2.75) is 10.6 Å². The first-order chi connectivity index (χ1) is 14.5. The largest absolute Gasteiger partial charge is 0.353 e. The van der Waals surface area contributed by atoms with Gasteiger partial charge >= 0.3 is 0 Å². The summed E-state index contributed by atoms with van der Waals surface area (Å²) in [5.41, 5.74) is 2.04. The van der Waals surface area contributed by atoms with Gasteiger partial charge in [-0.2, -0.15) is 5.10 Å². The lowest BCUT2D eigenvalue weighted by Crippen LogP contribution is -2.49. The zero-order valence-corrected chi connectivity index (χ0v) is 17.3. The number of benzene rings is 1. The van der Waals surface area contributed by atoms with E-state index in [1.807, 2.05) is 18.2 Å². The van der Waals surface area contributed by atoms with Crippen LogP contribution in [0.3, 0.4) is 0 Å². The van der Waals surface area contributed by atoms with E-state index in [0.29, 0.717) is 47.9 Å². The molecule has 0 radical (unpaired) electrons. The topological polar surface area (TPSA) is 88.4 Å². The number of nitrogens with zero attached hydrogens (tertiary/aromatic N) is 5. The minimum atomic E-state index is -3.51. The third-order valence-electron chi connectivity index (χ3n) is 5.70. The number of hydrogen-bond donors (Lipinski definition) is 0. The third-order valence-corrected chi connectivity index (χ3v) is 7.39. The maximum atomic E-state index is 13.3. The molecule has 8 nitrogen and oxygen atoms in total. The molecule has 0 aliphatic carbocycles. The summed E-state index contributed by atoms with van der Waals surface area (Å²) in [5, 5.41) is 4.44. The molecule has 2 aliphatic heterocycles. The highest BCUT2D eigenvalue weighted by molar-refractivity contribution is 7.90. The molecule has 9 heteroatoms. The molecule has 2 aliphatic rings. The monoisotopic (exact) mass is 423 g/mol. The van der Waals surface area contributed by atoms with Gasteiger partial charge in [0.2, 0.25) is 0 Å². The first kappa shape index (κ1) is 18.8. The minimum Gasteiger partial charge on any atom is -0.353 e. The van der Waals surface area contributed by atoms with Crippen LogP contribution in [0.4, 0.5) is 5.82 Å². The van der Waals surface area contributed by atoms with Gasteiger partial charge in [0.15, 0.2) is 15.5 Å². The Morgan fingerprint density at radius 1 is 1.00 bits per heavy atom. The molecule has 0 saturated carbocycles. The predicted molar refractivity (Wildman–Crippen MR) is 112 cm³/mol. The van der Waals surface area contributed by atoms with Crippen molar-refractivity contribution in [2.24, 2.45) is 7.05 Å². The van der Waals surface area contributed by atoms with Crippen LogP contribution in [-0.4, -0.2) is 60.2 Å². The standard InChI is InChI=1S/C21H21N5O3S/c1-24-20-15-6-2-3-7-17(15)30(28,29)14-16(20)19(23-24)21(27)26-12-10-25(11-13-26)18-8-4-5-9-22-18/h2-9H,10-14H2,1H3. The average Bonchev–Trinajstić information content (AvgIpc) is 3.09. The molecule has 1 aromatic carbocycles. The van der Waals surface area contributed by atoms with Crippen molar-refractivity contribution < 1.29 is 13.2 Å². The van der Waals surface area contributed by atoms with Crippen LogP contribution in [0.15, 0.2) is 53.6 Å². The Balaban J connectivity index is 1.44. The Hall–Kier alpha value is -3.20. The Morgan fingerprint density at radius 2 is 1.73 bits per heavy atom. The number of anilines is 1. The number of sulfone groups is 1. The van der Waals surface area contributed by atoms with E-state index in [2.05, 4.69) is 15.0 Å². The molecule has 5 rings (SSSR count). The molecule has 30 heavy (non-hydrogen) atoms. The van der Waals surface area contributed by atoms with Gasteiger partial charge in [0.1, 0.15) is 5.82 Å². The molecule has 1 fully saturated rings. The quantitative estimate of drug-likeness (QED) is 0.624. The second-order valence-electron chi connectivity index (χ2n) is 7.52. The number of aromatic nitrogens is 3. The fraction of sp³-hybridized carbons (Fsp3) is 0.286. The van der Waals surface area contributed by atoms with E-state index in [0.717, 1.165) is 5.82 Å². The molecule has 0 unspecified atom stereocenters. The molecular weight excluding hydrogens is 402 g/mol. The molecule has 4 heterocycles. The zero-order valence-electron chi connectivity index (χ0n) is 16.5. The summed E-state index contributed by atoms with van der Waals surface area (Å²) in [6, 6.07) is 12.7. The van der Waals surface area contributed by atoms with Gasteiger partial charge in [0.05, 0.1) is 16.3 Å². The van der Waals surface area contributed by atoms with Crippen LogP contribution >= 0.6 is 0 Å². The van der Waals surface area contributed by atoms with Crippen molar-refractivity contribution in [1.82, 2.24) is 19.7 Å². The summed E-state index contributed by atoms with van der Waals surface area (Å²) in [7, 11) is -1.76. The maximum Gasteiger partial charge on any atom is 0.274 e. The number of pyridine rings is 1. The Bertz CT molecular complexity index is 1230. The summed E-state index contributed by atoms with van der Waals surface area (Å²) in [4.78, 5) is 21.8. The van der Waals surface area contributed by atoms with Crippen LogP contribution in [0, 0.1) is 0 Å². The van der Waals surface area contributed by atoms with Gasteiger partial charge in [-0.1, -0.05) is 24.3 Å². The molecule has 154 valence electrons. The van der Waals surface area contributed by atoms with Crippen molar-refractivity contribution in [1.29, 1.82) is 0 Å². The number of carbonyl (C=O) groups is 1. The number of piperazine rings is 1. The van der Waals surface area contributed by atoms with E-state index >= 15 is 0 Å². The lowest BCUT2D eigenvalue weighted by Gasteiger charge is -2.35. The van der Waals surface area contributed by atoms with Gasteiger partial charge in [-0.15, -0.1) is 0 Å². The molecule has 0 atom stereocenters. The zero-order chi connectivity index (χ0) is 20.9. The highest BCUT2D eigenvalue weighted by Crippen LogP contribution is 2.39. The van der Waals surface area contributed by atoms with Crippen molar-refractivity contribution in [3.63, 3.8) is 0 Å². The normalized spacial score (nSPS) is 17.4. The van der Waals surface area contributed by atoms with Crippen LogP contribution in [0.1, 0.15) is 16.1 Å². The summed E-state index contributed by atoms with van der Waals surface area (Å²) in [5.74, 6) is 0.465. The first-order valence-corrected chi connectivity index (χ1v) is 11.4. The lowest BCUT2D eigenvalue weighted by atomic mass is 10.1. The van der Waals surface area contributed by atoms with Gasteiger partial charge in [-0.25, -0.2) is 13.4 Å².